The Morgan fingerprint density at radius 2 is 1.75 bits per heavy atom. The highest BCUT2D eigenvalue weighted by atomic mass is 16.2. The molecule has 1 N–H and O–H groups in total. The van der Waals surface area contributed by atoms with E-state index in [4.69, 9.17) is 0 Å². The third-order valence-electron chi connectivity index (χ3n) is 5.36. The van der Waals surface area contributed by atoms with E-state index in [2.05, 4.69) is 47.8 Å². The molecule has 0 aliphatic carbocycles. The standard InChI is InChI=1S/C20H22N2O2/c23-19-9-8-18(21-19)20(24)22-12-10-15(11-13-22)17-7-3-5-14-4-1-2-6-16(14)17/h1-7,15,18H,8-13H2,(H,21,23)/t18-/m1/s1. The first-order valence-corrected chi connectivity index (χ1v) is 8.78. The van der Waals surface area contributed by atoms with E-state index in [-0.39, 0.29) is 17.9 Å². The molecule has 1 atom stereocenters. The number of rotatable bonds is 2. The van der Waals surface area contributed by atoms with Gasteiger partial charge in [-0.1, -0.05) is 42.5 Å². The highest BCUT2D eigenvalue weighted by Gasteiger charge is 2.33. The lowest BCUT2D eigenvalue weighted by atomic mass is 9.86. The second kappa shape index (κ2) is 6.27. The van der Waals surface area contributed by atoms with Crippen LogP contribution in [0, 0.1) is 0 Å². The lowest BCUT2D eigenvalue weighted by molar-refractivity contribution is -0.135. The molecule has 0 aromatic heterocycles. The molecule has 2 heterocycles. The number of nitrogens with one attached hydrogen (secondary N) is 1. The maximum absolute atomic E-state index is 12.5. The normalized spacial score (nSPS) is 21.9. The van der Waals surface area contributed by atoms with Crippen molar-refractivity contribution in [2.45, 2.75) is 37.6 Å². The van der Waals surface area contributed by atoms with E-state index in [1.165, 1.54) is 16.3 Å². The number of amides is 2. The second-order valence-electron chi connectivity index (χ2n) is 6.83. The molecule has 2 aliphatic rings. The summed E-state index contributed by atoms with van der Waals surface area (Å²) in [4.78, 5) is 25.8. The van der Waals surface area contributed by atoms with E-state index < -0.39 is 0 Å². The van der Waals surface area contributed by atoms with Crippen molar-refractivity contribution < 1.29 is 9.59 Å². The molecule has 0 bridgehead atoms. The molecule has 2 aromatic rings. The third-order valence-corrected chi connectivity index (χ3v) is 5.36. The van der Waals surface area contributed by atoms with Gasteiger partial charge in [-0.25, -0.2) is 0 Å². The molecule has 0 spiro atoms. The molecule has 2 saturated heterocycles. The summed E-state index contributed by atoms with van der Waals surface area (Å²) in [5, 5.41) is 5.39. The summed E-state index contributed by atoms with van der Waals surface area (Å²) in [7, 11) is 0. The smallest absolute Gasteiger partial charge is 0.245 e. The molecule has 124 valence electrons. The zero-order valence-corrected chi connectivity index (χ0v) is 13.7. The van der Waals surface area contributed by atoms with Gasteiger partial charge < -0.3 is 10.2 Å². The number of hydrogen-bond acceptors (Lipinski definition) is 2. The van der Waals surface area contributed by atoms with Crippen molar-refractivity contribution >= 4 is 22.6 Å². The van der Waals surface area contributed by atoms with E-state index in [0.29, 0.717) is 18.8 Å². The molecule has 2 aromatic carbocycles. The third kappa shape index (κ3) is 2.77. The van der Waals surface area contributed by atoms with Crippen LogP contribution >= 0.6 is 0 Å². The van der Waals surface area contributed by atoms with Crippen molar-refractivity contribution in [1.82, 2.24) is 10.2 Å². The largest absolute Gasteiger partial charge is 0.344 e. The zero-order chi connectivity index (χ0) is 16.5. The van der Waals surface area contributed by atoms with Gasteiger partial charge in [-0.2, -0.15) is 0 Å². The van der Waals surface area contributed by atoms with Crippen LogP contribution in [0.4, 0.5) is 0 Å². The van der Waals surface area contributed by atoms with Crippen LogP contribution in [-0.4, -0.2) is 35.8 Å². The van der Waals surface area contributed by atoms with Gasteiger partial charge in [0.2, 0.25) is 11.8 Å². The zero-order valence-electron chi connectivity index (χ0n) is 13.7. The molecule has 0 unspecified atom stereocenters. The Morgan fingerprint density at radius 1 is 1.00 bits per heavy atom. The van der Waals surface area contributed by atoms with Crippen LogP contribution in [0.15, 0.2) is 42.5 Å². The summed E-state index contributed by atoms with van der Waals surface area (Å²) in [6.45, 7) is 1.55. The van der Waals surface area contributed by atoms with E-state index in [9.17, 15) is 9.59 Å². The number of fused-ring (bicyclic) bond motifs is 1. The maximum Gasteiger partial charge on any atom is 0.245 e. The SMILES string of the molecule is O=C1CC[C@H](C(=O)N2CCC(c3cccc4ccccc34)CC2)N1. The first-order valence-electron chi connectivity index (χ1n) is 8.78. The van der Waals surface area contributed by atoms with Crippen LogP contribution in [0.5, 0.6) is 0 Å². The Bertz CT molecular complexity index is 773. The quantitative estimate of drug-likeness (QED) is 0.924. The molecule has 2 aliphatic heterocycles. The van der Waals surface area contributed by atoms with Crippen molar-refractivity contribution in [3.63, 3.8) is 0 Å². The number of carbonyl (C=O) groups is 2. The number of nitrogens with zero attached hydrogens (tertiary/aromatic N) is 1. The van der Waals surface area contributed by atoms with E-state index in [1.807, 2.05) is 4.90 Å². The summed E-state index contributed by atoms with van der Waals surface area (Å²) < 4.78 is 0. The van der Waals surface area contributed by atoms with Crippen LogP contribution in [-0.2, 0) is 9.59 Å². The van der Waals surface area contributed by atoms with Gasteiger partial charge in [0.25, 0.3) is 0 Å². The maximum atomic E-state index is 12.5. The fourth-order valence-electron chi connectivity index (χ4n) is 4.04. The molecule has 0 saturated carbocycles. The average molecular weight is 322 g/mol. The number of benzene rings is 2. The molecule has 4 rings (SSSR count). The first kappa shape index (κ1) is 15.2. The van der Waals surface area contributed by atoms with Gasteiger partial charge in [-0.3, -0.25) is 9.59 Å². The number of hydrogen-bond donors (Lipinski definition) is 1. The Hall–Kier alpha value is -2.36. The predicted octanol–water partition coefficient (Wildman–Crippen LogP) is 2.82. The van der Waals surface area contributed by atoms with Crippen LogP contribution in [0.2, 0.25) is 0 Å². The fraction of sp³-hybridized carbons (Fsp3) is 0.400. The number of piperidine rings is 1. The minimum atomic E-state index is -0.299. The van der Waals surface area contributed by atoms with Crippen molar-refractivity contribution in [2.75, 3.05) is 13.1 Å². The Labute approximate surface area is 141 Å². The van der Waals surface area contributed by atoms with E-state index >= 15 is 0 Å². The summed E-state index contributed by atoms with van der Waals surface area (Å²) in [6.07, 6.45) is 3.09. The predicted molar refractivity (Wildman–Crippen MR) is 93.7 cm³/mol. The molecular formula is C20H22N2O2. The summed E-state index contributed by atoms with van der Waals surface area (Å²) in [5.74, 6) is 0.592. The summed E-state index contributed by atoms with van der Waals surface area (Å²) in [6, 6.07) is 14.7. The van der Waals surface area contributed by atoms with Gasteiger partial charge in [0, 0.05) is 19.5 Å². The Kier molecular flexibility index (Phi) is 3.97. The second-order valence-corrected chi connectivity index (χ2v) is 6.83. The minimum Gasteiger partial charge on any atom is -0.344 e. The van der Waals surface area contributed by atoms with Gasteiger partial charge in [0.1, 0.15) is 6.04 Å². The molecular weight excluding hydrogens is 300 g/mol. The van der Waals surface area contributed by atoms with Gasteiger partial charge in [-0.05, 0) is 41.5 Å². The monoisotopic (exact) mass is 322 g/mol. The van der Waals surface area contributed by atoms with E-state index in [1.54, 1.807) is 0 Å². The van der Waals surface area contributed by atoms with Gasteiger partial charge in [0.05, 0.1) is 0 Å². The Balaban J connectivity index is 1.46. The van der Waals surface area contributed by atoms with Crippen LogP contribution in [0.1, 0.15) is 37.2 Å². The minimum absolute atomic E-state index is 0.000934. The Morgan fingerprint density at radius 3 is 2.50 bits per heavy atom. The average Bonchev–Trinajstić information content (AvgIpc) is 3.07. The van der Waals surface area contributed by atoms with Gasteiger partial charge in [0.15, 0.2) is 0 Å². The van der Waals surface area contributed by atoms with E-state index in [0.717, 1.165) is 25.9 Å². The topological polar surface area (TPSA) is 49.4 Å². The molecule has 2 amide bonds. The van der Waals surface area contributed by atoms with Gasteiger partial charge in [-0.15, -0.1) is 0 Å². The van der Waals surface area contributed by atoms with Crippen LogP contribution in [0.3, 0.4) is 0 Å². The molecule has 0 radical (unpaired) electrons. The van der Waals surface area contributed by atoms with Crippen molar-refractivity contribution in [2.24, 2.45) is 0 Å². The molecule has 2 fully saturated rings. The molecule has 24 heavy (non-hydrogen) atoms. The first-order chi connectivity index (χ1) is 11.7. The van der Waals surface area contributed by atoms with Crippen molar-refractivity contribution in [1.29, 1.82) is 0 Å². The summed E-state index contributed by atoms with van der Waals surface area (Å²) >= 11 is 0. The number of likely N-dealkylation sites (tertiary alicyclic amines) is 1. The highest BCUT2D eigenvalue weighted by Crippen LogP contribution is 2.33. The molecule has 4 nitrogen and oxygen atoms in total. The van der Waals surface area contributed by atoms with Crippen LogP contribution in [0.25, 0.3) is 10.8 Å². The van der Waals surface area contributed by atoms with Crippen LogP contribution < -0.4 is 5.32 Å². The number of carbonyl (C=O) groups excluding carboxylic acids is 2. The fourth-order valence-corrected chi connectivity index (χ4v) is 4.04. The molecule has 4 heteroatoms. The van der Waals surface area contributed by atoms with Crippen molar-refractivity contribution in [3.8, 4) is 0 Å². The highest BCUT2D eigenvalue weighted by molar-refractivity contribution is 5.91. The lowest BCUT2D eigenvalue weighted by Gasteiger charge is -2.34. The van der Waals surface area contributed by atoms with Crippen molar-refractivity contribution in [3.05, 3.63) is 48.0 Å². The summed E-state index contributed by atoms with van der Waals surface area (Å²) in [5.41, 5.74) is 1.40. The van der Waals surface area contributed by atoms with Gasteiger partial charge >= 0.3 is 0 Å². The lowest BCUT2D eigenvalue weighted by Crippen LogP contribution is -2.47.